The number of amides is 1. The molecule has 1 saturated carbocycles. The predicted molar refractivity (Wildman–Crippen MR) is 120 cm³/mol. The SMILES string of the molecule is Cc1nn(-c2ccccn2)c2nc(C3CC3)cc(C(=O)NCc3ccc(S(N)(=O)=O)s3)c12. The van der Waals surface area contributed by atoms with Gasteiger partial charge in [-0.05, 0) is 50.1 Å². The topological polar surface area (TPSA) is 133 Å². The highest BCUT2D eigenvalue weighted by atomic mass is 32.2. The molecule has 4 aromatic heterocycles. The molecule has 164 valence electrons. The van der Waals surface area contributed by atoms with Crippen molar-refractivity contribution >= 4 is 38.3 Å². The molecule has 32 heavy (non-hydrogen) atoms. The first-order valence-electron chi connectivity index (χ1n) is 10.0. The van der Waals surface area contributed by atoms with Gasteiger partial charge in [-0.1, -0.05) is 6.07 Å². The van der Waals surface area contributed by atoms with E-state index in [0.717, 1.165) is 29.9 Å². The summed E-state index contributed by atoms with van der Waals surface area (Å²) < 4.78 is 24.7. The van der Waals surface area contributed by atoms with Crippen LogP contribution in [-0.2, 0) is 16.6 Å². The molecule has 1 aliphatic rings. The highest BCUT2D eigenvalue weighted by Gasteiger charge is 2.29. The number of rotatable bonds is 6. The van der Waals surface area contributed by atoms with Crippen molar-refractivity contribution < 1.29 is 13.2 Å². The lowest BCUT2D eigenvalue weighted by atomic mass is 10.1. The van der Waals surface area contributed by atoms with Gasteiger partial charge >= 0.3 is 0 Å². The third-order valence-electron chi connectivity index (χ3n) is 5.28. The fourth-order valence-corrected chi connectivity index (χ4v) is 5.30. The molecule has 0 atom stereocenters. The maximum atomic E-state index is 13.2. The minimum Gasteiger partial charge on any atom is -0.347 e. The van der Waals surface area contributed by atoms with Crippen LogP contribution in [0.2, 0.25) is 0 Å². The van der Waals surface area contributed by atoms with Crippen molar-refractivity contribution in [3.63, 3.8) is 0 Å². The molecule has 5 rings (SSSR count). The van der Waals surface area contributed by atoms with Crippen LogP contribution in [0.1, 0.15) is 45.4 Å². The summed E-state index contributed by atoms with van der Waals surface area (Å²) in [5.74, 6) is 0.702. The molecule has 1 aliphatic carbocycles. The van der Waals surface area contributed by atoms with Gasteiger partial charge in [0.15, 0.2) is 11.5 Å². The summed E-state index contributed by atoms with van der Waals surface area (Å²) in [6.07, 6.45) is 3.77. The fraction of sp³-hybridized carbons (Fsp3) is 0.238. The van der Waals surface area contributed by atoms with Gasteiger partial charge in [0, 0.05) is 22.7 Å². The van der Waals surface area contributed by atoms with Crippen LogP contribution >= 0.6 is 11.3 Å². The molecule has 0 unspecified atom stereocenters. The predicted octanol–water partition coefficient (Wildman–Crippen LogP) is 2.64. The molecular formula is C21H20N6O3S2. The second-order valence-corrected chi connectivity index (χ2v) is 10.7. The van der Waals surface area contributed by atoms with Gasteiger partial charge in [0.25, 0.3) is 5.91 Å². The van der Waals surface area contributed by atoms with Crippen LogP contribution in [0.15, 0.2) is 46.8 Å². The number of carbonyl (C=O) groups is 1. The van der Waals surface area contributed by atoms with Gasteiger partial charge in [0.1, 0.15) is 4.21 Å². The van der Waals surface area contributed by atoms with E-state index < -0.39 is 10.0 Å². The number of aryl methyl sites for hydroxylation is 1. The number of nitrogens with two attached hydrogens (primary N) is 1. The van der Waals surface area contributed by atoms with E-state index in [1.807, 2.05) is 31.2 Å². The van der Waals surface area contributed by atoms with Gasteiger partial charge < -0.3 is 5.32 Å². The van der Waals surface area contributed by atoms with E-state index in [0.29, 0.717) is 38.9 Å². The van der Waals surface area contributed by atoms with Gasteiger partial charge in [-0.3, -0.25) is 4.79 Å². The first-order chi connectivity index (χ1) is 15.3. The average Bonchev–Trinajstić information content (AvgIpc) is 3.41. The number of nitrogens with one attached hydrogen (secondary N) is 1. The molecule has 4 heterocycles. The number of nitrogens with zero attached hydrogens (tertiary/aromatic N) is 4. The molecule has 0 radical (unpaired) electrons. The van der Waals surface area contributed by atoms with E-state index in [2.05, 4.69) is 15.4 Å². The van der Waals surface area contributed by atoms with E-state index in [-0.39, 0.29) is 16.7 Å². The monoisotopic (exact) mass is 468 g/mol. The summed E-state index contributed by atoms with van der Waals surface area (Å²) in [6.45, 7) is 2.03. The molecule has 9 nitrogen and oxygen atoms in total. The van der Waals surface area contributed by atoms with E-state index in [1.165, 1.54) is 6.07 Å². The molecule has 11 heteroatoms. The van der Waals surface area contributed by atoms with Crippen LogP contribution in [0.5, 0.6) is 0 Å². The number of hydrogen-bond donors (Lipinski definition) is 2. The van der Waals surface area contributed by atoms with Gasteiger partial charge in [-0.15, -0.1) is 11.3 Å². The number of primary sulfonamides is 1. The first-order valence-corrected chi connectivity index (χ1v) is 12.4. The van der Waals surface area contributed by atoms with Gasteiger partial charge in [0.2, 0.25) is 10.0 Å². The number of fused-ring (bicyclic) bond motifs is 1. The molecule has 0 aromatic carbocycles. The van der Waals surface area contributed by atoms with Crippen molar-refractivity contribution in [1.82, 2.24) is 25.1 Å². The van der Waals surface area contributed by atoms with Crippen molar-refractivity contribution in [2.75, 3.05) is 0 Å². The molecule has 1 amide bonds. The van der Waals surface area contributed by atoms with Crippen LogP contribution in [-0.4, -0.2) is 34.1 Å². The smallest absolute Gasteiger partial charge is 0.252 e. The van der Waals surface area contributed by atoms with E-state index in [1.54, 1.807) is 16.9 Å². The second kappa shape index (κ2) is 7.76. The Morgan fingerprint density at radius 3 is 2.75 bits per heavy atom. The Kier molecular flexibility index (Phi) is 5.03. The van der Waals surface area contributed by atoms with Crippen LogP contribution in [0.3, 0.4) is 0 Å². The van der Waals surface area contributed by atoms with Gasteiger partial charge in [-0.25, -0.2) is 23.5 Å². The van der Waals surface area contributed by atoms with Crippen molar-refractivity contribution in [1.29, 1.82) is 0 Å². The Bertz CT molecular complexity index is 1440. The maximum absolute atomic E-state index is 13.2. The van der Waals surface area contributed by atoms with Crippen molar-refractivity contribution in [2.45, 2.75) is 36.4 Å². The summed E-state index contributed by atoms with van der Waals surface area (Å²) in [4.78, 5) is 23.1. The lowest BCUT2D eigenvalue weighted by Gasteiger charge is -2.09. The summed E-state index contributed by atoms with van der Waals surface area (Å²) in [5, 5.41) is 13.3. The van der Waals surface area contributed by atoms with Gasteiger partial charge in [0.05, 0.1) is 23.2 Å². The quantitative estimate of drug-likeness (QED) is 0.447. The van der Waals surface area contributed by atoms with E-state index >= 15 is 0 Å². The first kappa shape index (κ1) is 20.7. The number of pyridine rings is 2. The summed E-state index contributed by atoms with van der Waals surface area (Å²) in [5.41, 5.74) is 2.65. The van der Waals surface area contributed by atoms with Crippen LogP contribution in [0.4, 0.5) is 0 Å². The zero-order chi connectivity index (χ0) is 22.5. The molecule has 1 fully saturated rings. The van der Waals surface area contributed by atoms with Crippen LogP contribution < -0.4 is 10.5 Å². The van der Waals surface area contributed by atoms with E-state index in [9.17, 15) is 13.2 Å². The Balaban J connectivity index is 1.52. The summed E-state index contributed by atoms with van der Waals surface area (Å²) in [7, 11) is -3.76. The van der Waals surface area contributed by atoms with E-state index in [4.69, 9.17) is 10.1 Å². The zero-order valence-electron chi connectivity index (χ0n) is 17.1. The Labute approximate surface area is 188 Å². The van der Waals surface area contributed by atoms with Crippen LogP contribution in [0.25, 0.3) is 16.9 Å². The number of hydrogen-bond acceptors (Lipinski definition) is 7. The third-order valence-corrected chi connectivity index (χ3v) is 7.80. The normalized spacial score (nSPS) is 14.1. The lowest BCUT2D eigenvalue weighted by molar-refractivity contribution is 0.0952. The Morgan fingerprint density at radius 2 is 2.09 bits per heavy atom. The minimum absolute atomic E-state index is 0.0663. The Hall–Kier alpha value is -3.15. The summed E-state index contributed by atoms with van der Waals surface area (Å²) >= 11 is 1.04. The van der Waals surface area contributed by atoms with Crippen molar-refractivity contribution in [3.8, 4) is 5.82 Å². The largest absolute Gasteiger partial charge is 0.347 e. The van der Waals surface area contributed by atoms with Crippen molar-refractivity contribution in [2.24, 2.45) is 5.14 Å². The highest BCUT2D eigenvalue weighted by molar-refractivity contribution is 7.91. The molecule has 0 saturated heterocycles. The van der Waals surface area contributed by atoms with Crippen LogP contribution in [0, 0.1) is 6.92 Å². The molecule has 4 aromatic rings. The van der Waals surface area contributed by atoms with Gasteiger partial charge in [-0.2, -0.15) is 9.78 Å². The number of thiophene rings is 1. The van der Waals surface area contributed by atoms with Crippen molar-refractivity contribution in [3.05, 3.63) is 64.4 Å². The average molecular weight is 469 g/mol. The molecule has 3 N–H and O–H groups in total. The second-order valence-electron chi connectivity index (χ2n) is 7.70. The number of aromatic nitrogens is 4. The zero-order valence-corrected chi connectivity index (χ0v) is 18.8. The number of carbonyl (C=O) groups excluding carboxylic acids is 1. The standard InChI is InChI=1S/C21H20N6O3S2/c1-12-19-15(21(28)24-11-14-7-8-18(31-14)32(22,29)30)10-16(13-5-6-13)25-20(19)27(26-12)17-4-2-3-9-23-17/h2-4,7-10,13H,5-6,11H2,1H3,(H,24,28)(H2,22,29,30). The molecule has 0 spiro atoms. The molecular weight excluding hydrogens is 448 g/mol. The lowest BCUT2D eigenvalue weighted by Crippen LogP contribution is -2.23. The summed E-state index contributed by atoms with van der Waals surface area (Å²) in [6, 6.07) is 10.5. The minimum atomic E-state index is -3.76. The highest BCUT2D eigenvalue weighted by Crippen LogP contribution is 2.40. The maximum Gasteiger partial charge on any atom is 0.252 e. The fourth-order valence-electron chi connectivity index (χ4n) is 3.58. The number of sulfonamides is 1. The third kappa shape index (κ3) is 3.90. The Morgan fingerprint density at radius 1 is 1.28 bits per heavy atom. The molecule has 0 aliphatic heterocycles. The molecule has 0 bridgehead atoms.